The zero-order chi connectivity index (χ0) is 17.9. The van der Waals surface area contributed by atoms with Gasteiger partial charge in [0.2, 0.25) is 5.91 Å². The molecule has 0 spiro atoms. The van der Waals surface area contributed by atoms with Crippen LogP contribution in [0.3, 0.4) is 0 Å². The van der Waals surface area contributed by atoms with E-state index in [9.17, 15) is 13.2 Å². The Bertz CT molecular complexity index is 815. The van der Waals surface area contributed by atoms with E-state index in [2.05, 4.69) is 11.6 Å². The number of carbonyl (C=O) groups excluding carboxylic acids is 1. The van der Waals surface area contributed by atoms with Gasteiger partial charge in [-0.05, 0) is 47.9 Å². The van der Waals surface area contributed by atoms with Crippen LogP contribution < -0.4 is 4.72 Å². The van der Waals surface area contributed by atoms with E-state index in [1.807, 2.05) is 4.90 Å². The lowest BCUT2D eigenvalue weighted by Crippen LogP contribution is -2.39. The van der Waals surface area contributed by atoms with Crippen molar-refractivity contribution < 1.29 is 13.2 Å². The van der Waals surface area contributed by atoms with Gasteiger partial charge < -0.3 is 4.90 Å². The van der Waals surface area contributed by atoms with Gasteiger partial charge in [0.05, 0.1) is 6.42 Å². The standard InChI is InChI=1S/C18H22N2O3S2/c1-14-4-2-10-20(13-14)17(21)12-15-6-8-16(9-7-15)19-25(22,23)18-5-3-11-24-18/h3,5-9,11,14,19H,2,4,10,12-13H2,1H3. The van der Waals surface area contributed by atoms with E-state index in [0.29, 0.717) is 18.0 Å². The summed E-state index contributed by atoms with van der Waals surface area (Å²) in [6.45, 7) is 3.84. The second-order valence-corrected chi connectivity index (χ2v) is 9.36. The molecule has 1 amide bonds. The molecular weight excluding hydrogens is 356 g/mol. The van der Waals surface area contributed by atoms with Crippen molar-refractivity contribution in [1.82, 2.24) is 4.90 Å². The third-order valence-corrected chi connectivity index (χ3v) is 7.11. The first kappa shape index (κ1) is 17.9. The lowest BCUT2D eigenvalue weighted by Gasteiger charge is -2.31. The first-order valence-corrected chi connectivity index (χ1v) is 10.7. The Morgan fingerprint density at radius 2 is 2.04 bits per heavy atom. The Hall–Kier alpha value is -1.86. The van der Waals surface area contributed by atoms with E-state index in [4.69, 9.17) is 0 Å². The minimum Gasteiger partial charge on any atom is -0.342 e. The quantitative estimate of drug-likeness (QED) is 0.868. The number of thiophene rings is 1. The van der Waals surface area contributed by atoms with Gasteiger partial charge in [-0.1, -0.05) is 25.1 Å². The van der Waals surface area contributed by atoms with Crippen LogP contribution in [0.1, 0.15) is 25.3 Å². The summed E-state index contributed by atoms with van der Waals surface area (Å²) in [5, 5.41) is 1.73. The molecule has 1 fully saturated rings. The average Bonchev–Trinajstić information content (AvgIpc) is 3.12. The summed E-state index contributed by atoms with van der Waals surface area (Å²) in [4.78, 5) is 14.3. The van der Waals surface area contributed by atoms with E-state index >= 15 is 0 Å². The monoisotopic (exact) mass is 378 g/mol. The molecule has 1 saturated heterocycles. The average molecular weight is 379 g/mol. The molecule has 2 aromatic rings. The molecule has 1 aliphatic rings. The smallest absolute Gasteiger partial charge is 0.271 e. The van der Waals surface area contributed by atoms with Gasteiger partial charge in [-0.15, -0.1) is 11.3 Å². The molecule has 1 N–H and O–H groups in total. The topological polar surface area (TPSA) is 66.5 Å². The molecule has 25 heavy (non-hydrogen) atoms. The molecule has 134 valence electrons. The van der Waals surface area contributed by atoms with Crippen LogP contribution in [0.4, 0.5) is 5.69 Å². The molecule has 3 rings (SSSR count). The SMILES string of the molecule is CC1CCCN(C(=O)Cc2ccc(NS(=O)(=O)c3cccs3)cc2)C1. The molecule has 5 nitrogen and oxygen atoms in total. The van der Waals surface area contributed by atoms with Gasteiger partial charge in [-0.3, -0.25) is 9.52 Å². The largest absolute Gasteiger partial charge is 0.342 e. The summed E-state index contributed by atoms with van der Waals surface area (Å²) in [6.07, 6.45) is 2.60. The van der Waals surface area contributed by atoms with E-state index in [-0.39, 0.29) is 10.1 Å². The summed E-state index contributed by atoms with van der Waals surface area (Å²) in [5.74, 6) is 0.699. The maximum Gasteiger partial charge on any atom is 0.271 e. The van der Waals surface area contributed by atoms with Gasteiger partial charge in [0.15, 0.2) is 0 Å². The Balaban J connectivity index is 1.61. The maximum absolute atomic E-state index is 12.4. The zero-order valence-corrected chi connectivity index (χ0v) is 15.8. The summed E-state index contributed by atoms with van der Waals surface area (Å²) >= 11 is 1.18. The number of carbonyl (C=O) groups is 1. The van der Waals surface area contributed by atoms with Crippen LogP contribution in [0.5, 0.6) is 0 Å². The van der Waals surface area contributed by atoms with E-state index in [1.54, 1.807) is 41.8 Å². The van der Waals surface area contributed by atoms with Crippen molar-refractivity contribution in [1.29, 1.82) is 0 Å². The number of rotatable bonds is 5. The van der Waals surface area contributed by atoms with Crippen molar-refractivity contribution in [2.24, 2.45) is 5.92 Å². The van der Waals surface area contributed by atoms with Crippen LogP contribution in [0.25, 0.3) is 0 Å². The van der Waals surface area contributed by atoms with E-state index < -0.39 is 10.0 Å². The molecule has 1 aromatic heterocycles. The normalized spacial score (nSPS) is 18.1. The van der Waals surface area contributed by atoms with Gasteiger partial charge in [-0.2, -0.15) is 0 Å². The van der Waals surface area contributed by atoms with Crippen LogP contribution in [0.15, 0.2) is 46.0 Å². The summed E-state index contributed by atoms with van der Waals surface area (Å²) < 4.78 is 27.2. The molecule has 0 saturated carbocycles. The summed E-state index contributed by atoms with van der Waals surface area (Å²) in [7, 11) is -3.54. The number of nitrogens with one attached hydrogen (secondary N) is 1. The summed E-state index contributed by atoms with van der Waals surface area (Å²) in [6, 6.07) is 10.3. The predicted molar refractivity (Wildman–Crippen MR) is 100 cm³/mol. The number of anilines is 1. The van der Waals surface area contributed by atoms with Crippen molar-refractivity contribution >= 4 is 33.0 Å². The zero-order valence-electron chi connectivity index (χ0n) is 14.1. The second kappa shape index (κ2) is 7.58. The molecule has 1 aromatic carbocycles. The van der Waals surface area contributed by atoms with Gasteiger partial charge in [-0.25, -0.2) is 8.42 Å². The van der Waals surface area contributed by atoms with Gasteiger partial charge in [0.1, 0.15) is 4.21 Å². The van der Waals surface area contributed by atoms with Crippen LogP contribution in [-0.2, 0) is 21.2 Å². The number of piperidine rings is 1. The Labute approximate surface area is 152 Å². The molecule has 1 aliphatic heterocycles. The van der Waals surface area contributed by atoms with Crippen LogP contribution in [-0.4, -0.2) is 32.3 Å². The number of hydrogen-bond acceptors (Lipinski definition) is 4. The lowest BCUT2D eigenvalue weighted by atomic mass is 9.99. The molecule has 0 bridgehead atoms. The Morgan fingerprint density at radius 3 is 2.68 bits per heavy atom. The Morgan fingerprint density at radius 1 is 1.28 bits per heavy atom. The maximum atomic E-state index is 12.4. The van der Waals surface area contributed by atoms with E-state index in [1.165, 1.54) is 17.8 Å². The van der Waals surface area contributed by atoms with Gasteiger partial charge >= 0.3 is 0 Å². The molecule has 7 heteroatoms. The third kappa shape index (κ3) is 4.61. The van der Waals surface area contributed by atoms with Gasteiger partial charge in [0, 0.05) is 18.8 Å². The lowest BCUT2D eigenvalue weighted by molar-refractivity contribution is -0.132. The van der Waals surface area contributed by atoms with Crippen LogP contribution >= 0.6 is 11.3 Å². The summed E-state index contributed by atoms with van der Waals surface area (Å²) in [5.41, 5.74) is 1.39. The highest BCUT2D eigenvalue weighted by atomic mass is 32.2. The second-order valence-electron chi connectivity index (χ2n) is 6.50. The van der Waals surface area contributed by atoms with Crippen LogP contribution in [0, 0.1) is 5.92 Å². The minimum atomic E-state index is -3.54. The van der Waals surface area contributed by atoms with Crippen molar-refractivity contribution in [3.05, 3.63) is 47.3 Å². The van der Waals surface area contributed by atoms with Gasteiger partial charge in [0.25, 0.3) is 10.0 Å². The first-order valence-electron chi connectivity index (χ1n) is 8.37. The molecular formula is C18H22N2O3S2. The molecule has 1 unspecified atom stereocenters. The van der Waals surface area contributed by atoms with E-state index in [0.717, 1.165) is 25.1 Å². The van der Waals surface area contributed by atoms with Crippen molar-refractivity contribution in [3.8, 4) is 0 Å². The number of nitrogens with zero attached hydrogens (tertiary/aromatic N) is 1. The van der Waals surface area contributed by atoms with Crippen molar-refractivity contribution in [2.75, 3.05) is 17.8 Å². The van der Waals surface area contributed by atoms with Crippen molar-refractivity contribution in [3.63, 3.8) is 0 Å². The van der Waals surface area contributed by atoms with Crippen molar-refractivity contribution in [2.45, 2.75) is 30.4 Å². The highest BCUT2D eigenvalue weighted by Gasteiger charge is 2.21. The predicted octanol–water partition coefficient (Wildman–Crippen LogP) is 3.35. The fraction of sp³-hybridized carbons (Fsp3) is 0.389. The molecule has 1 atom stereocenters. The fourth-order valence-electron chi connectivity index (χ4n) is 3.01. The highest BCUT2D eigenvalue weighted by Crippen LogP contribution is 2.21. The first-order chi connectivity index (χ1) is 11.9. The molecule has 2 heterocycles. The molecule has 0 radical (unpaired) electrons. The highest BCUT2D eigenvalue weighted by molar-refractivity contribution is 7.94. The number of likely N-dealkylation sites (tertiary alicyclic amines) is 1. The molecule has 0 aliphatic carbocycles. The minimum absolute atomic E-state index is 0.137. The number of hydrogen-bond donors (Lipinski definition) is 1. The number of sulfonamides is 1. The number of amides is 1. The number of benzene rings is 1. The Kier molecular flexibility index (Phi) is 5.44. The van der Waals surface area contributed by atoms with Crippen LogP contribution in [0.2, 0.25) is 0 Å². The fourth-order valence-corrected chi connectivity index (χ4v) is 5.07. The third-order valence-electron chi connectivity index (χ3n) is 4.33.